The zero-order valence-electron chi connectivity index (χ0n) is 12.1. The number of carbonyl (C=O) groups excluding carboxylic acids is 1. The largest absolute Gasteiger partial charge is 0.289 e. The fourth-order valence-electron chi connectivity index (χ4n) is 1.66. The number of amides is 1. The first-order valence-corrected chi connectivity index (χ1v) is 8.00. The van der Waals surface area contributed by atoms with Gasteiger partial charge in [-0.3, -0.25) is 10.0 Å². The van der Waals surface area contributed by atoms with Crippen LogP contribution in [0.3, 0.4) is 0 Å². The highest BCUT2D eigenvalue weighted by atomic mass is 32.2. The number of hydroxylamine groups is 1. The van der Waals surface area contributed by atoms with Gasteiger partial charge < -0.3 is 0 Å². The Morgan fingerprint density at radius 1 is 1.29 bits per heavy atom. The van der Waals surface area contributed by atoms with E-state index in [0.29, 0.717) is 0 Å². The molecule has 0 aromatic heterocycles. The average Bonchev–Trinajstić information content (AvgIpc) is 2.46. The van der Waals surface area contributed by atoms with Crippen molar-refractivity contribution in [1.29, 1.82) is 0 Å². The minimum Gasteiger partial charge on any atom is -0.289 e. The van der Waals surface area contributed by atoms with E-state index in [-0.39, 0.29) is 11.4 Å². The third-order valence-corrected chi connectivity index (χ3v) is 4.64. The molecule has 0 saturated heterocycles. The van der Waals surface area contributed by atoms with Crippen LogP contribution in [0, 0.1) is 6.92 Å². The van der Waals surface area contributed by atoms with E-state index in [4.69, 9.17) is 5.21 Å². The predicted molar refractivity (Wildman–Crippen MR) is 79.3 cm³/mol. The van der Waals surface area contributed by atoms with Gasteiger partial charge in [0.15, 0.2) is 0 Å². The molecule has 0 heterocycles. The molecular formula is C14H20N2O4S. The van der Waals surface area contributed by atoms with Crippen LogP contribution in [0.4, 0.5) is 0 Å². The second kappa shape index (κ2) is 7.92. The van der Waals surface area contributed by atoms with Crippen molar-refractivity contribution >= 4 is 15.9 Å². The minimum atomic E-state index is -3.79. The van der Waals surface area contributed by atoms with Gasteiger partial charge in [0, 0.05) is 6.54 Å². The highest BCUT2D eigenvalue weighted by Gasteiger charge is 2.25. The summed E-state index contributed by atoms with van der Waals surface area (Å²) in [6, 6.07) is 6.38. The molecular weight excluding hydrogens is 292 g/mol. The van der Waals surface area contributed by atoms with Crippen LogP contribution >= 0.6 is 0 Å². The van der Waals surface area contributed by atoms with E-state index in [0.717, 1.165) is 16.3 Å². The van der Waals surface area contributed by atoms with Crippen molar-refractivity contribution in [2.45, 2.75) is 25.2 Å². The van der Waals surface area contributed by atoms with E-state index in [2.05, 4.69) is 0 Å². The van der Waals surface area contributed by atoms with Crippen molar-refractivity contribution < 1.29 is 18.4 Å². The number of aryl methyl sites for hydroxylation is 1. The summed E-state index contributed by atoms with van der Waals surface area (Å²) in [4.78, 5) is 11.4. The van der Waals surface area contributed by atoms with Gasteiger partial charge in [0.2, 0.25) is 10.0 Å². The molecule has 0 radical (unpaired) electrons. The van der Waals surface area contributed by atoms with Crippen LogP contribution in [-0.2, 0) is 14.8 Å². The number of hydrogen-bond donors (Lipinski definition) is 2. The standard InChI is InChI=1S/C14H20N2O4S/c1-3-4-5-10-16(11-14(17)15-18)21(19,20)13-8-6-12(2)7-9-13/h4-9,18H,3,10-11H2,1-2H3,(H,15,17). The third kappa shape index (κ3) is 4.96. The van der Waals surface area contributed by atoms with Crippen molar-refractivity contribution in [3.05, 3.63) is 42.0 Å². The van der Waals surface area contributed by atoms with Gasteiger partial charge in [-0.2, -0.15) is 4.31 Å². The number of nitrogens with zero attached hydrogens (tertiary/aromatic N) is 1. The van der Waals surface area contributed by atoms with Crippen LogP contribution in [0.5, 0.6) is 0 Å². The molecule has 21 heavy (non-hydrogen) atoms. The van der Waals surface area contributed by atoms with Crippen molar-refractivity contribution in [1.82, 2.24) is 9.79 Å². The average molecular weight is 312 g/mol. The SMILES string of the molecule is CCC=CCN(CC(=O)NO)S(=O)(=O)c1ccc(C)cc1. The number of benzene rings is 1. The Morgan fingerprint density at radius 3 is 2.43 bits per heavy atom. The van der Waals surface area contributed by atoms with Crippen LogP contribution < -0.4 is 5.48 Å². The lowest BCUT2D eigenvalue weighted by Gasteiger charge is -2.19. The first-order valence-electron chi connectivity index (χ1n) is 6.56. The molecule has 1 aromatic rings. The maximum absolute atomic E-state index is 12.5. The molecule has 0 aliphatic rings. The molecule has 0 atom stereocenters. The van der Waals surface area contributed by atoms with Crippen molar-refractivity contribution in [3.63, 3.8) is 0 Å². The number of carbonyl (C=O) groups is 1. The quantitative estimate of drug-likeness (QED) is 0.453. The summed E-state index contributed by atoms with van der Waals surface area (Å²) in [6.07, 6.45) is 4.26. The van der Waals surface area contributed by atoms with Crippen LogP contribution in [0.1, 0.15) is 18.9 Å². The maximum Gasteiger partial charge on any atom is 0.258 e. The zero-order valence-corrected chi connectivity index (χ0v) is 12.9. The first kappa shape index (κ1) is 17.4. The summed E-state index contributed by atoms with van der Waals surface area (Å²) in [7, 11) is -3.79. The fourth-order valence-corrected chi connectivity index (χ4v) is 3.01. The molecule has 7 heteroatoms. The van der Waals surface area contributed by atoms with Crippen LogP contribution in [0.25, 0.3) is 0 Å². The number of allylic oxidation sites excluding steroid dienone is 1. The van der Waals surface area contributed by atoms with Gasteiger partial charge >= 0.3 is 0 Å². The Morgan fingerprint density at radius 2 is 1.90 bits per heavy atom. The summed E-state index contributed by atoms with van der Waals surface area (Å²) >= 11 is 0. The van der Waals surface area contributed by atoms with Gasteiger partial charge in [0.05, 0.1) is 11.4 Å². The summed E-state index contributed by atoms with van der Waals surface area (Å²) in [5.41, 5.74) is 2.39. The monoisotopic (exact) mass is 312 g/mol. The molecule has 1 aromatic carbocycles. The molecule has 1 amide bonds. The number of rotatable bonds is 7. The van der Waals surface area contributed by atoms with Crippen LogP contribution in [0.15, 0.2) is 41.3 Å². The summed E-state index contributed by atoms with van der Waals surface area (Å²) < 4.78 is 26.0. The third-order valence-electron chi connectivity index (χ3n) is 2.81. The summed E-state index contributed by atoms with van der Waals surface area (Å²) in [6.45, 7) is 3.41. The number of nitrogens with one attached hydrogen (secondary N) is 1. The van der Waals surface area contributed by atoms with E-state index >= 15 is 0 Å². The number of sulfonamides is 1. The smallest absolute Gasteiger partial charge is 0.258 e. The van der Waals surface area contributed by atoms with Gasteiger partial charge in [-0.15, -0.1) is 0 Å². The Labute approximate surface area is 125 Å². The zero-order chi connectivity index (χ0) is 15.9. The van der Waals surface area contributed by atoms with E-state index < -0.39 is 22.5 Å². The predicted octanol–water partition coefficient (Wildman–Crippen LogP) is 1.46. The van der Waals surface area contributed by atoms with Gasteiger partial charge in [0.1, 0.15) is 0 Å². The van der Waals surface area contributed by atoms with Gasteiger partial charge in [-0.1, -0.05) is 36.8 Å². The molecule has 116 valence electrons. The van der Waals surface area contributed by atoms with Gasteiger partial charge in [-0.05, 0) is 25.5 Å². The van der Waals surface area contributed by atoms with E-state index in [1.54, 1.807) is 18.2 Å². The molecule has 0 bridgehead atoms. The summed E-state index contributed by atoms with van der Waals surface area (Å²) in [5, 5.41) is 8.59. The van der Waals surface area contributed by atoms with Crippen LogP contribution in [-0.4, -0.2) is 36.9 Å². The van der Waals surface area contributed by atoms with E-state index in [1.165, 1.54) is 17.6 Å². The Kier molecular flexibility index (Phi) is 6.54. The highest BCUT2D eigenvalue weighted by molar-refractivity contribution is 7.89. The van der Waals surface area contributed by atoms with Crippen molar-refractivity contribution in [2.24, 2.45) is 0 Å². The molecule has 0 aliphatic carbocycles. The normalized spacial score (nSPS) is 12.0. The van der Waals surface area contributed by atoms with Crippen molar-refractivity contribution in [3.8, 4) is 0 Å². The minimum absolute atomic E-state index is 0.0669. The second-order valence-corrected chi connectivity index (χ2v) is 6.46. The molecule has 0 unspecified atom stereocenters. The summed E-state index contributed by atoms with van der Waals surface area (Å²) in [5.74, 6) is -0.782. The first-order chi connectivity index (χ1) is 9.91. The lowest BCUT2D eigenvalue weighted by Crippen LogP contribution is -2.39. The topological polar surface area (TPSA) is 86.7 Å². The lowest BCUT2D eigenvalue weighted by molar-refractivity contribution is -0.129. The fraction of sp³-hybridized carbons (Fsp3) is 0.357. The highest BCUT2D eigenvalue weighted by Crippen LogP contribution is 2.16. The molecule has 2 N–H and O–H groups in total. The molecule has 0 aliphatic heterocycles. The molecule has 6 nitrogen and oxygen atoms in total. The van der Waals surface area contributed by atoms with Crippen LogP contribution in [0.2, 0.25) is 0 Å². The maximum atomic E-state index is 12.5. The van der Waals surface area contributed by atoms with E-state index in [9.17, 15) is 13.2 Å². The van der Waals surface area contributed by atoms with Gasteiger partial charge in [0.25, 0.3) is 5.91 Å². The van der Waals surface area contributed by atoms with E-state index in [1.807, 2.05) is 19.9 Å². The lowest BCUT2D eigenvalue weighted by atomic mass is 10.2. The second-order valence-electron chi connectivity index (χ2n) is 4.53. The molecule has 0 fully saturated rings. The van der Waals surface area contributed by atoms with Crippen molar-refractivity contribution in [2.75, 3.05) is 13.1 Å². The molecule has 0 saturated carbocycles. The molecule has 1 rings (SSSR count). The van der Waals surface area contributed by atoms with Gasteiger partial charge in [-0.25, -0.2) is 13.9 Å². The molecule has 0 spiro atoms. The number of hydrogen-bond acceptors (Lipinski definition) is 4. The Hall–Kier alpha value is -1.70. The Bertz CT molecular complexity index is 594. The Balaban J connectivity index is 3.06.